The molecule has 2 aliphatic rings. The topological polar surface area (TPSA) is 49.3 Å². The van der Waals surface area contributed by atoms with Crippen molar-refractivity contribution in [2.24, 2.45) is 5.92 Å². The first-order valence-electron chi connectivity index (χ1n) is 9.09. The maximum Gasteiger partial charge on any atom is 0.335 e. The molecule has 1 aliphatic heterocycles. The lowest BCUT2D eigenvalue weighted by molar-refractivity contribution is 0.0696. The monoisotopic (exact) mass is 359 g/mol. The van der Waals surface area contributed by atoms with Gasteiger partial charge in [-0.05, 0) is 53.3 Å². The first-order chi connectivity index (χ1) is 13.1. The smallest absolute Gasteiger partial charge is 0.335 e. The quantitative estimate of drug-likeness (QED) is 0.677. The summed E-state index contributed by atoms with van der Waals surface area (Å²) in [6, 6.07) is 20.2. The predicted molar refractivity (Wildman–Crippen MR) is 102 cm³/mol. The highest BCUT2D eigenvalue weighted by Crippen LogP contribution is 2.54. The zero-order valence-corrected chi connectivity index (χ0v) is 14.5. The van der Waals surface area contributed by atoms with Gasteiger partial charge in [0.15, 0.2) is 0 Å². The molecule has 3 nitrogen and oxygen atoms in total. The molecule has 0 amide bonds. The van der Waals surface area contributed by atoms with Crippen LogP contribution in [0, 0.1) is 11.7 Å². The lowest BCUT2D eigenvalue weighted by Crippen LogP contribution is -2.31. The Morgan fingerprint density at radius 2 is 1.70 bits per heavy atom. The van der Waals surface area contributed by atoms with E-state index in [-0.39, 0.29) is 29.3 Å². The minimum Gasteiger partial charge on any atom is -0.478 e. The summed E-state index contributed by atoms with van der Waals surface area (Å²) in [6.07, 6.45) is 0.837. The van der Waals surface area contributed by atoms with Gasteiger partial charge in [-0.2, -0.15) is 0 Å². The molecule has 0 spiro atoms. The second-order valence-corrected chi connectivity index (χ2v) is 7.30. The molecule has 5 rings (SSSR count). The SMILES string of the molecule is O=C(O)c1ccc2c(c1)[C@@H]1c3ccccc3C[C@@H]1[C@@H](c1ccccc1F)N2. The van der Waals surface area contributed by atoms with E-state index >= 15 is 0 Å². The first-order valence-corrected chi connectivity index (χ1v) is 9.09. The van der Waals surface area contributed by atoms with Crippen LogP contribution in [0.5, 0.6) is 0 Å². The summed E-state index contributed by atoms with van der Waals surface area (Å²) in [7, 11) is 0. The minimum atomic E-state index is -0.933. The number of nitrogens with one attached hydrogen (secondary N) is 1. The third-order valence-corrected chi connectivity index (χ3v) is 5.89. The Morgan fingerprint density at radius 3 is 2.48 bits per heavy atom. The summed E-state index contributed by atoms with van der Waals surface area (Å²) in [6.45, 7) is 0. The van der Waals surface area contributed by atoms with E-state index in [4.69, 9.17) is 0 Å². The number of carbonyl (C=O) groups is 1. The van der Waals surface area contributed by atoms with Gasteiger partial charge in [0.2, 0.25) is 0 Å². The number of halogens is 1. The molecule has 2 N–H and O–H groups in total. The van der Waals surface area contributed by atoms with Crippen molar-refractivity contribution in [3.05, 3.63) is 100 Å². The van der Waals surface area contributed by atoms with E-state index in [0.29, 0.717) is 5.56 Å². The molecule has 0 radical (unpaired) electrons. The number of benzene rings is 3. The number of carboxylic acid groups (broad SMARTS) is 1. The lowest BCUT2D eigenvalue weighted by atomic mass is 9.75. The van der Waals surface area contributed by atoms with E-state index in [9.17, 15) is 14.3 Å². The van der Waals surface area contributed by atoms with Gasteiger partial charge < -0.3 is 10.4 Å². The number of anilines is 1. The van der Waals surface area contributed by atoms with Crippen LogP contribution >= 0.6 is 0 Å². The van der Waals surface area contributed by atoms with Gasteiger partial charge in [-0.1, -0.05) is 42.5 Å². The molecule has 27 heavy (non-hydrogen) atoms. The number of hydrogen-bond donors (Lipinski definition) is 2. The van der Waals surface area contributed by atoms with Crippen LogP contribution in [0.4, 0.5) is 10.1 Å². The Hall–Kier alpha value is -3.14. The van der Waals surface area contributed by atoms with Crippen molar-refractivity contribution >= 4 is 11.7 Å². The fraction of sp³-hybridized carbons (Fsp3) is 0.174. The number of rotatable bonds is 2. The molecule has 3 aromatic rings. The van der Waals surface area contributed by atoms with Crippen LogP contribution in [0.3, 0.4) is 0 Å². The van der Waals surface area contributed by atoms with Crippen molar-refractivity contribution in [3.8, 4) is 0 Å². The van der Waals surface area contributed by atoms with Gasteiger partial charge in [-0.3, -0.25) is 0 Å². The van der Waals surface area contributed by atoms with Crippen molar-refractivity contribution in [1.29, 1.82) is 0 Å². The lowest BCUT2D eigenvalue weighted by Gasteiger charge is -2.38. The van der Waals surface area contributed by atoms with Crippen molar-refractivity contribution in [2.75, 3.05) is 5.32 Å². The van der Waals surface area contributed by atoms with Gasteiger partial charge in [0.1, 0.15) is 5.82 Å². The molecule has 3 aromatic carbocycles. The molecule has 0 aromatic heterocycles. The van der Waals surface area contributed by atoms with Gasteiger partial charge in [0.05, 0.1) is 11.6 Å². The third kappa shape index (κ3) is 2.44. The molecule has 0 unspecified atom stereocenters. The zero-order valence-electron chi connectivity index (χ0n) is 14.5. The maximum atomic E-state index is 14.6. The molecular formula is C23H18FNO2. The van der Waals surface area contributed by atoms with Crippen LogP contribution in [-0.2, 0) is 6.42 Å². The third-order valence-electron chi connectivity index (χ3n) is 5.89. The van der Waals surface area contributed by atoms with Gasteiger partial charge in [0.25, 0.3) is 0 Å². The van der Waals surface area contributed by atoms with Crippen molar-refractivity contribution in [3.63, 3.8) is 0 Å². The van der Waals surface area contributed by atoms with Crippen LogP contribution in [0.25, 0.3) is 0 Å². The highest BCUT2D eigenvalue weighted by atomic mass is 19.1. The number of fused-ring (bicyclic) bond motifs is 5. The summed E-state index contributed by atoms with van der Waals surface area (Å²) in [5.74, 6) is -0.954. The molecule has 3 atom stereocenters. The Balaban J connectivity index is 1.71. The van der Waals surface area contributed by atoms with Crippen molar-refractivity contribution in [1.82, 2.24) is 0 Å². The fourth-order valence-electron chi connectivity index (χ4n) is 4.73. The Bertz CT molecular complexity index is 1060. The van der Waals surface area contributed by atoms with E-state index in [0.717, 1.165) is 17.7 Å². The molecule has 0 bridgehead atoms. The van der Waals surface area contributed by atoms with E-state index < -0.39 is 5.97 Å². The Kier molecular flexibility index (Phi) is 3.54. The first kappa shape index (κ1) is 16.1. The average molecular weight is 359 g/mol. The summed E-state index contributed by atoms with van der Waals surface area (Å²) in [4.78, 5) is 11.5. The number of hydrogen-bond acceptors (Lipinski definition) is 2. The Labute approximate surface area is 156 Å². The Morgan fingerprint density at radius 1 is 0.963 bits per heavy atom. The average Bonchev–Trinajstić information content (AvgIpc) is 3.07. The normalized spacial score (nSPS) is 22.3. The van der Waals surface area contributed by atoms with Crippen LogP contribution in [0.2, 0.25) is 0 Å². The van der Waals surface area contributed by atoms with Crippen LogP contribution < -0.4 is 5.32 Å². The fourth-order valence-corrected chi connectivity index (χ4v) is 4.73. The molecule has 0 saturated carbocycles. The molecule has 0 fully saturated rings. The number of aromatic carboxylic acids is 1. The predicted octanol–water partition coefficient (Wildman–Crippen LogP) is 4.99. The van der Waals surface area contributed by atoms with Crippen molar-refractivity contribution in [2.45, 2.75) is 18.4 Å². The molecule has 1 aliphatic carbocycles. The standard InChI is InChI=1S/C23H18FNO2/c24-19-8-4-3-7-16(19)22-18-11-13-5-1-2-6-15(13)21(18)17-12-14(23(26)27)9-10-20(17)25-22/h1-10,12,18,21-22,25H,11H2,(H,26,27)/t18-,21-,22+/m0/s1. The highest BCUT2D eigenvalue weighted by molar-refractivity contribution is 5.89. The second kappa shape index (κ2) is 5.95. The van der Waals surface area contributed by atoms with Gasteiger partial charge >= 0.3 is 5.97 Å². The summed E-state index contributed by atoms with van der Waals surface area (Å²) >= 11 is 0. The number of carboxylic acids is 1. The van der Waals surface area contributed by atoms with Gasteiger partial charge in [-0.15, -0.1) is 0 Å². The van der Waals surface area contributed by atoms with Crippen LogP contribution in [0.1, 0.15) is 44.6 Å². The van der Waals surface area contributed by atoms with E-state index in [1.807, 2.05) is 30.3 Å². The second-order valence-electron chi connectivity index (χ2n) is 7.30. The minimum absolute atomic E-state index is 0.0568. The maximum absolute atomic E-state index is 14.6. The molecule has 4 heteroatoms. The van der Waals surface area contributed by atoms with E-state index in [2.05, 4.69) is 17.4 Å². The van der Waals surface area contributed by atoms with E-state index in [1.165, 1.54) is 17.2 Å². The summed E-state index contributed by atoms with van der Waals surface area (Å²) in [5.41, 5.74) is 5.28. The molecule has 134 valence electrons. The van der Waals surface area contributed by atoms with Gasteiger partial charge in [-0.25, -0.2) is 9.18 Å². The molecule has 1 heterocycles. The highest BCUT2D eigenvalue weighted by Gasteiger charge is 2.44. The van der Waals surface area contributed by atoms with E-state index in [1.54, 1.807) is 18.2 Å². The summed E-state index contributed by atoms with van der Waals surface area (Å²) < 4.78 is 14.6. The zero-order chi connectivity index (χ0) is 18.5. The summed E-state index contributed by atoms with van der Waals surface area (Å²) in [5, 5.41) is 12.9. The van der Waals surface area contributed by atoms with Crippen LogP contribution in [0.15, 0.2) is 66.7 Å². The largest absolute Gasteiger partial charge is 0.478 e. The molecular weight excluding hydrogens is 341 g/mol. The molecule has 0 saturated heterocycles. The van der Waals surface area contributed by atoms with Gasteiger partial charge in [0, 0.05) is 17.2 Å². The van der Waals surface area contributed by atoms with Crippen molar-refractivity contribution < 1.29 is 14.3 Å². The van der Waals surface area contributed by atoms with Crippen LogP contribution in [-0.4, -0.2) is 11.1 Å².